The van der Waals surface area contributed by atoms with E-state index in [9.17, 15) is 0 Å². The third-order valence-corrected chi connectivity index (χ3v) is 7.49. The summed E-state index contributed by atoms with van der Waals surface area (Å²) in [4.78, 5) is 0. The number of rotatable bonds is 15. The summed E-state index contributed by atoms with van der Waals surface area (Å²) in [5.41, 5.74) is 0. The van der Waals surface area contributed by atoms with Crippen molar-refractivity contribution in [1.82, 2.24) is 0 Å². The average molecular weight is 370 g/mol. The highest BCUT2D eigenvalue weighted by Crippen LogP contribution is 2.21. The maximum atomic E-state index is 5.63. The molecule has 0 amide bonds. The third kappa shape index (κ3) is 9.42. The van der Waals surface area contributed by atoms with Crippen LogP contribution in [0.3, 0.4) is 0 Å². The van der Waals surface area contributed by atoms with Gasteiger partial charge in [0.25, 0.3) is 0 Å². The van der Waals surface area contributed by atoms with E-state index >= 15 is 0 Å². The molecule has 142 valence electrons. The molecule has 0 heterocycles. The SMILES string of the molecule is CCCC[N+](CCCC)(CCCC)CC[Si](OC)(OC)OC.[Cl-]. The molecule has 0 atom stereocenters. The van der Waals surface area contributed by atoms with Crippen molar-refractivity contribution >= 4 is 8.80 Å². The van der Waals surface area contributed by atoms with Crippen LogP contribution in [0.5, 0.6) is 0 Å². The summed E-state index contributed by atoms with van der Waals surface area (Å²) in [7, 11) is 2.70. The second-order valence-electron chi connectivity index (χ2n) is 6.34. The summed E-state index contributed by atoms with van der Waals surface area (Å²) in [5, 5.41) is 0. The number of nitrogens with zero attached hydrogens (tertiary/aromatic N) is 1. The summed E-state index contributed by atoms with van der Waals surface area (Å²) < 4.78 is 18.1. The van der Waals surface area contributed by atoms with E-state index in [2.05, 4.69) is 20.8 Å². The van der Waals surface area contributed by atoms with Crippen LogP contribution in [0, 0.1) is 0 Å². The number of hydrogen-bond donors (Lipinski definition) is 0. The van der Waals surface area contributed by atoms with Crippen LogP contribution in [-0.2, 0) is 13.3 Å². The van der Waals surface area contributed by atoms with Crippen molar-refractivity contribution in [2.24, 2.45) is 0 Å². The first-order valence-corrected chi connectivity index (χ1v) is 11.0. The van der Waals surface area contributed by atoms with Gasteiger partial charge in [-0.25, -0.2) is 0 Å². The molecule has 23 heavy (non-hydrogen) atoms. The molecule has 0 aromatic carbocycles. The van der Waals surface area contributed by atoms with Crippen molar-refractivity contribution in [3.8, 4) is 0 Å². The normalized spacial score (nSPS) is 12.3. The monoisotopic (exact) mass is 369 g/mol. The zero-order valence-corrected chi connectivity index (χ0v) is 18.1. The van der Waals surface area contributed by atoms with Gasteiger partial charge in [-0.05, 0) is 19.3 Å². The minimum Gasteiger partial charge on any atom is -1.00 e. The molecule has 4 nitrogen and oxygen atoms in total. The highest BCUT2D eigenvalue weighted by atomic mass is 35.5. The van der Waals surface area contributed by atoms with Crippen molar-refractivity contribution in [3.63, 3.8) is 0 Å². The van der Waals surface area contributed by atoms with E-state index in [-0.39, 0.29) is 12.4 Å². The zero-order valence-electron chi connectivity index (χ0n) is 16.3. The summed E-state index contributed by atoms with van der Waals surface area (Å²) in [6.07, 6.45) is 7.69. The molecule has 0 aliphatic rings. The smallest absolute Gasteiger partial charge is 0.505 e. The van der Waals surface area contributed by atoms with E-state index in [1.807, 2.05) is 0 Å². The summed E-state index contributed by atoms with van der Waals surface area (Å²) >= 11 is 0. The zero-order chi connectivity index (χ0) is 16.9. The van der Waals surface area contributed by atoms with Crippen molar-refractivity contribution in [2.45, 2.75) is 65.3 Å². The van der Waals surface area contributed by atoms with Crippen molar-refractivity contribution in [2.75, 3.05) is 47.5 Å². The van der Waals surface area contributed by atoms with Crippen LogP contribution in [0.2, 0.25) is 6.04 Å². The molecule has 0 aromatic heterocycles. The number of quaternary nitrogens is 1. The van der Waals surface area contributed by atoms with Gasteiger partial charge in [0, 0.05) is 21.3 Å². The van der Waals surface area contributed by atoms with E-state index < -0.39 is 8.80 Å². The van der Waals surface area contributed by atoms with Crippen LogP contribution in [0.25, 0.3) is 0 Å². The predicted molar refractivity (Wildman–Crippen MR) is 96.0 cm³/mol. The quantitative estimate of drug-likeness (QED) is 0.319. The Morgan fingerprint density at radius 3 is 1.26 bits per heavy atom. The number of unbranched alkanes of at least 4 members (excludes halogenated alkanes) is 3. The Kier molecular flexibility index (Phi) is 16.3. The molecular formula is C17H40ClNO3Si. The van der Waals surface area contributed by atoms with Gasteiger partial charge in [-0.3, -0.25) is 0 Å². The molecule has 0 rings (SSSR count). The summed E-state index contributed by atoms with van der Waals surface area (Å²) in [5.74, 6) is 0. The van der Waals surface area contributed by atoms with E-state index in [1.54, 1.807) is 21.3 Å². The Morgan fingerprint density at radius 2 is 1.00 bits per heavy atom. The Balaban J connectivity index is 0. The van der Waals surface area contributed by atoms with Crippen LogP contribution in [-0.4, -0.2) is 60.8 Å². The summed E-state index contributed by atoms with van der Waals surface area (Å²) in [6, 6.07) is 0.910. The van der Waals surface area contributed by atoms with E-state index in [0.29, 0.717) is 0 Å². The summed E-state index contributed by atoms with van der Waals surface area (Å²) in [6.45, 7) is 11.8. The van der Waals surface area contributed by atoms with Gasteiger partial charge < -0.3 is 30.2 Å². The standard InChI is InChI=1S/C17H40NO3Si.ClH/c1-7-10-13-18(14-11-8-2,15-12-9-3)16-17-22(19-4,20-5)21-6;/h7-17H2,1-6H3;1H/q+1;/p-1. The highest BCUT2D eigenvalue weighted by molar-refractivity contribution is 6.60. The van der Waals surface area contributed by atoms with Gasteiger partial charge in [-0.2, -0.15) is 0 Å². The molecular weight excluding hydrogens is 330 g/mol. The van der Waals surface area contributed by atoms with Crippen molar-refractivity contribution < 1.29 is 30.2 Å². The van der Waals surface area contributed by atoms with Crippen LogP contribution >= 0.6 is 0 Å². The Bertz CT molecular complexity index is 236. The Morgan fingerprint density at radius 1 is 0.652 bits per heavy atom. The van der Waals surface area contributed by atoms with E-state index in [1.165, 1.54) is 62.6 Å². The van der Waals surface area contributed by atoms with Gasteiger partial charge in [-0.15, -0.1) is 0 Å². The molecule has 0 N–H and O–H groups in total. The highest BCUT2D eigenvalue weighted by Gasteiger charge is 2.41. The lowest BCUT2D eigenvalue weighted by atomic mass is 10.1. The predicted octanol–water partition coefficient (Wildman–Crippen LogP) is 1.09. The van der Waals surface area contributed by atoms with Gasteiger partial charge >= 0.3 is 8.80 Å². The topological polar surface area (TPSA) is 27.7 Å². The molecule has 0 radical (unpaired) electrons. The first kappa shape index (κ1) is 25.6. The molecule has 0 fully saturated rings. The fraction of sp³-hybridized carbons (Fsp3) is 1.00. The minimum atomic E-state index is -2.46. The lowest BCUT2D eigenvalue weighted by Crippen LogP contribution is -3.00. The van der Waals surface area contributed by atoms with Gasteiger partial charge in [0.15, 0.2) is 0 Å². The fourth-order valence-corrected chi connectivity index (χ4v) is 4.94. The molecule has 0 aliphatic heterocycles. The van der Waals surface area contributed by atoms with Gasteiger partial charge in [0.05, 0.1) is 32.2 Å². The van der Waals surface area contributed by atoms with Crippen LogP contribution in [0.1, 0.15) is 59.3 Å². The van der Waals surface area contributed by atoms with Crippen molar-refractivity contribution in [1.29, 1.82) is 0 Å². The maximum Gasteiger partial charge on any atom is 0.505 e. The van der Waals surface area contributed by atoms with Gasteiger partial charge in [0.1, 0.15) is 0 Å². The Hall–Kier alpha value is 0.347. The lowest BCUT2D eigenvalue weighted by molar-refractivity contribution is -0.927. The van der Waals surface area contributed by atoms with Gasteiger partial charge in [0.2, 0.25) is 0 Å². The maximum absolute atomic E-state index is 5.63. The second-order valence-corrected chi connectivity index (χ2v) is 9.43. The molecule has 0 spiro atoms. The first-order chi connectivity index (χ1) is 10.6. The largest absolute Gasteiger partial charge is 1.00 e. The molecule has 0 saturated carbocycles. The Labute approximate surface area is 152 Å². The average Bonchev–Trinajstić information content (AvgIpc) is 2.57. The lowest BCUT2D eigenvalue weighted by Gasteiger charge is -2.40. The van der Waals surface area contributed by atoms with Crippen LogP contribution < -0.4 is 12.4 Å². The third-order valence-electron chi connectivity index (χ3n) is 4.78. The molecule has 0 unspecified atom stereocenters. The number of hydrogen-bond acceptors (Lipinski definition) is 3. The molecule has 0 aliphatic carbocycles. The van der Waals surface area contributed by atoms with Gasteiger partial charge in [-0.1, -0.05) is 40.0 Å². The van der Waals surface area contributed by atoms with E-state index in [0.717, 1.165) is 12.6 Å². The minimum absolute atomic E-state index is 0. The number of halogens is 1. The second kappa shape index (κ2) is 14.7. The van der Waals surface area contributed by atoms with Crippen molar-refractivity contribution in [3.05, 3.63) is 0 Å². The molecule has 0 saturated heterocycles. The fourth-order valence-electron chi connectivity index (χ4n) is 3.08. The van der Waals surface area contributed by atoms with Crippen LogP contribution in [0.4, 0.5) is 0 Å². The first-order valence-electron chi connectivity index (χ1n) is 9.08. The molecule has 0 bridgehead atoms. The molecule has 6 heteroatoms. The van der Waals surface area contributed by atoms with Crippen LogP contribution in [0.15, 0.2) is 0 Å². The van der Waals surface area contributed by atoms with E-state index in [4.69, 9.17) is 13.3 Å². The molecule has 0 aromatic rings.